The van der Waals surface area contributed by atoms with Crippen LogP contribution in [-0.2, 0) is 4.74 Å². The summed E-state index contributed by atoms with van der Waals surface area (Å²) in [6.07, 6.45) is 9.39. The number of nitrogens with one attached hydrogen (secondary N) is 1. The van der Waals surface area contributed by atoms with E-state index < -0.39 is 5.54 Å². The first kappa shape index (κ1) is 9.14. The van der Waals surface area contributed by atoms with Crippen molar-refractivity contribution in [3.05, 3.63) is 24.1 Å². The number of rotatable bonds is 2. The topological polar surface area (TPSA) is 45.0 Å². The SMILES string of the molecule is CC1(C#N)C=C(OC2CCC2)C=CN1. The summed E-state index contributed by atoms with van der Waals surface area (Å²) in [4.78, 5) is 0. The van der Waals surface area contributed by atoms with Crippen molar-refractivity contribution in [3.8, 4) is 6.07 Å². The molecule has 1 saturated carbocycles. The van der Waals surface area contributed by atoms with Gasteiger partial charge in [0.05, 0.1) is 12.2 Å². The molecule has 1 N–H and O–H groups in total. The lowest BCUT2D eigenvalue weighted by Crippen LogP contribution is -2.37. The molecule has 1 heterocycles. The molecular weight excluding hydrogens is 176 g/mol. The van der Waals surface area contributed by atoms with Crippen molar-refractivity contribution in [2.24, 2.45) is 0 Å². The fourth-order valence-electron chi connectivity index (χ4n) is 1.49. The third-order valence-electron chi connectivity index (χ3n) is 2.65. The van der Waals surface area contributed by atoms with E-state index >= 15 is 0 Å². The van der Waals surface area contributed by atoms with Crippen LogP contribution >= 0.6 is 0 Å². The molecule has 3 heteroatoms. The molecule has 0 radical (unpaired) electrons. The molecule has 2 aliphatic rings. The Balaban J connectivity index is 2.03. The summed E-state index contributed by atoms with van der Waals surface area (Å²) in [5.74, 6) is 0.817. The normalized spacial score (nSPS) is 31.0. The molecule has 0 amide bonds. The van der Waals surface area contributed by atoms with Gasteiger partial charge in [-0.3, -0.25) is 0 Å². The van der Waals surface area contributed by atoms with Gasteiger partial charge in [-0.2, -0.15) is 5.26 Å². The Morgan fingerprint density at radius 3 is 3.00 bits per heavy atom. The number of hydrogen-bond acceptors (Lipinski definition) is 3. The lowest BCUT2D eigenvalue weighted by atomic mass is 9.95. The summed E-state index contributed by atoms with van der Waals surface area (Å²) >= 11 is 0. The van der Waals surface area contributed by atoms with Crippen LogP contribution in [-0.4, -0.2) is 11.6 Å². The van der Waals surface area contributed by atoms with E-state index in [0.29, 0.717) is 6.10 Å². The van der Waals surface area contributed by atoms with Crippen LogP contribution in [0.5, 0.6) is 0 Å². The van der Waals surface area contributed by atoms with Gasteiger partial charge in [0.15, 0.2) is 0 Å². The number of nitriles is 1. The van der Waals surface area contributed by atoms with Gasteiger partial charge in [0, 0.05) is 6.20 Å². The van der Waals surface area contributed by atoms with Gasteiger partial charge in [-0.25, -0.2) is 0 Å². The Morgan fingerprint density at radius 2 is 2.43 bits per heavy atom. The second kappa shape index (κ2) is 3.38. The zero-order valence-corrected chi connectivity index (χ0v) is 8.29. The Bertz CT molecular complexity index is 323. The highest BCUT2D eigenvalue weighted by molar-refractivity contribution is 5.30. The molecule has 74 valence electrons. The molecule has 1 aliphatic heterocycles. The smallest absolute Gasteiger partial charge is 0.144 e. The molecule has 0 aromatic carbocycles. The zero-order chi connectivity index (χ0) is 10.0. The highest BCUT2D eigenvalue weighted by atomic mass is 16.5. The van der Waals surface area contributed by atoms with Crippen LogP contribution in [0.2, 0.25) is 0 Å². The van der Waals surface area contributed by atoms with Crippen LogP contribution in [0.3, 0.4) is 0 Å². The van der Waals surface area contributed by atoms with E-state index in [4.69, 9.17) is 10.00 Å². The summed E-state index contributed by atoms with van der Waals surface area (Å²) in [5, 5.41) is 11.9. The summed E-state index contributed by atoms with van der Waals surface area (Å²) in [6.45, 7) is 1.83. The molecule has 3 nitrogen and oxygen atoms in total. The second-order valence-electron chi connectivity index (χ2n) is 4.01. The molecule has 0 bridgehead atoms. The monoisotopic (exact) mass is 190 g/mol. The maximum atomic E-state index is 8.93. The first-order chi connectivity index (χ1) is 6.72. The van der Waals surface area contributed by atoms with Crippen molar-refractivity contribution in [2.75, 3.05) is 0 Å². The third-order valence-corrected chi connectivity index (χ3v) is 2.65. The van der Waals surface area contributed by atoms with Crippen LogP contribution in [0, 0.1) is 11.3 Å². The molecule has 0 saturated heterocycles. The number of ether oxygens (including phenoxy) is 1. The summed E-state index contributed by atoms with van der Waals surface area (Å²) in [5.41, 5.74) is -0.617. The Hall–Kier alpha value is -1.43. The average molecular weight is 190 g/mol. The van der Waals surface area contributed by atoms with Crippen molar-refractivity contribution in [1.82, 2.24) is 5.32 Å². The van der Waals surface area contributed by atoms with Gasteiger partial charge < -0.3 is 10.1 Å². The van der Waals surface area contributed by atoms with Crippen molar-refractivity contribution < 1.29 is 4.74 Å². The predicted molar refractivity (Wildman–Crippen MR) is 53.1 cm³/mol. The van der Waals surface area contributed by atoms with Gasteiger partial charge in [0.2, 0.25) is 0 Å². The van der Waals surface area contributed by atoms with Crippen molar-refractivity contribution in [3.63, 3.8) is 0 Å². The molecule has 0 aromatic rings. The second-order valence-corrected chi connectivity index (χ2v) is 4.01. The van der Waals surface area contributed by atoms with E-state index in [2.05, 4.69) is 11.4 Å². The van der Waals surface area contributed by atoms with Crippen LogP contribution < -0.4 is 5.32 Å². The van der Waals surface area contributed by atoms with E-state index in [1.54, 1.807) is 6.20 Å². The quantitative estimate of drug-likeness (QED) is 0.722. The van der Waals surface area contributed by atoms with Crippen molar-refractivity contribution in [1.29, 1.82) is 5.26 Å². The van der Waals surface area contributed by atoms with Gasteiger partial charge in [0.25, 0.3) is 0 Å². The maximum absolute atomic E-state index is 8.93. The molecule has 14 heavy (non-hydrogen) atoms. The molecular formula is C11H14N2O. The first-order valence-corrected chi connectivity index (χ1v) is 4.97. The minimum atomic E-state index is -0.617. The highest BCUT2D eigenvalue weighted by Crippen LogP contribution is 2.26. The lowest BCUT2D eigenvalue weighted by Gasteiger charge is -2.30. The molecule has 1 unspecified atom stereocenters. The van der Waals surface area contributed by atoms with Crippen LogP contribution in [0.15, 0.2) is 24.1 Å². The molecule has 1 atom stereocenters. The molecule has 0 spiro atoms. The minimum absolute atomic E-state index is 0.368. The maximum Gasteiger partial charge on any atom is 0.144 e. The average Bonchev–Trinajstić information content (AvgIpc) is 2.12. The van der Waals surface area contributed by atoms with Gasteiger partial charge in [0.1, 0.15) is 11.3 Å². The molecule has 2 rings (SSSR count). The van der Waals surface area contributed by atoms with Crippen molar-refractivity contribution in [2.45, 2.75) is 37.8 Å². The lowest BCUT2D eigenvalue weighted by molar-refractivity contribution is 0.0573. The summed E-state index contributed by atoms with van der Waals surface area (Å²) in [6, 6.07) is 2.20. The Morgan fingerprint density at radius 1 is 1.64 bits per heavy atom. The van der Waals surface area contributed by atoms with Gasteiger partial charge in [-0.05, 0) is 38.3 Å². The Kier molecular flexibility index (Phi) is 2.20. The Labute approximate surface area is 84.1 Å². The van der Waals surface area contributed by atoms with Crippen molar-refractivity contribution >= 4 is 0 Å². The number of hydrogen-bond donors (Lipinski definition) is 1. The third kappa shape index (κ3) is 1.74. The van der Waals surface area contributed by atoms with Gasteiger partial charge in [-0.1, -0.05) is 0 Å². The standard InChI is InChI=1S/C11H14N2O/c1-11(8-12)7-10(5-6-13-11)14-9-3-2-4-9/h5-7,9,13H,2-4H2,1H3. The van der Waals surface area contributed by atoms with E-state index in [9.17, 15) is 0 Å². The largest absolute Gasteiger partial charge is 0.491 e. The number of nitrogens with zero attached hydrogens (tertiary/aromatic N) is 1. The van der Waals surface area contributed by atoms with E-state index in [-0.39, 0.29) is 0 Å². The van der Waals surface area contributed by atoms with Gasteiger partial charge >= 0.3 is 0 Å². The highest BCUT2D eigenvalue weighted by Gasteiger charge is 2.25. The van der Waals surface area contributed by atoms with E-state index in [0.717, 1.165) is 18.6 Å². The predicted octanol–water partition coefficient (Wildman–Crippen LogP) is 1.84. The van der Waals surface area contributed by atoms with Crippen LogP contribution in [0.1, 0.15) is 26.2 Å². The molecule has 1 fully saturated rings. The van der Waals surface area contributed by atoms with Crippen LogP contribution in [0.25, 0.3) is 0 Å². The summed E-state index contributed by atoms with van der Waals surface area (Å²) < 4.78 is 5.71. The number of allylic oxidation sites excluding steroid dienone is 1. The zero-order valence-electron chi connectivity index (χ0n) is 8.29. The molecule has 0 aromatic heterocycles. The fourth-order valence-corrected chi connectivity index (χ4v) is 1.49. The van der Waals surface area contributed by atoms with E-state index in [1.165, 1.54) is 6.42 Å². The van der Waals surface area contributed by atoms with Crippen LogP contribution in [0.4, 0.5) is 0 Å². The van der Waals surface area contributed by atoms with E-state index in [1.807, 2.05) is 19.1 Å². The first-order valence-electron chi connectivity index (χ1n) is 4.97. The number of dihydropyridines is 1. The molecule has 1 aliphatic carbocycles. The van der Waals surface area contributed by atoms with Gasteiger partial charge in [-0.15, -0.1) is 0 Å². The minimum Gasteiger partial charge on any atom is -0.491 e. The summed E-state index contributed by atoms with van der Waals surface area (Å²) in [7, 11) is 0. The fraction of sp³-hybridized carbons (Fsp3) is 0.545.